The van der Waals surface area contributed by atoms with Gasteiger partial charge in [0.15, 0.2) is 6.61 Å². The van der Waals surface area contributed by atoms with Gasteiger partial charge in [-0.2, -0.15) is 0 Å². The SMILES string of the molecule is CCC(C)(C)NC(=O)COc1cncc(Br)c1. The van der Waals surface area contributed by atoms with Gasteiger partial charge in [-0.25, -0.2) is 0 Å². The molecule has 0 fully saturated rings. The van der Waals surface area contributed by atoms with Crippen molar-refractivity contribution in [3.63, 3.8) is 0 Å². The highest BCUT2D eigenvalue weighted by molar-refractivity contribution is 9.10. The normalized spacial score (nSPS) is 11.1. The van der Waals surface area contributed by atoms with Crippen molar-refractivity contribution in [3.8, 4) is 5.75 Å². The van der Waals surface area contributed by atoms with Crippen molar-refractivity contribution < 1.29 is 9.53 Å². The van der Waals surface area contributed by atoms with E-state index in [1.165, 1.54) is 0 Å². The summed E-state index contributed by atoms with van der Waals surface area (Å²) >= 11 is 3.29. The first kappa shape index (κ1) is 14.0. The number of hydrogen-bond acceptors (Lipinski definition) is 3. The quantitative estimate of drug-likeness (QED) is 0.909. The Bertz CT molecular complexity index is 394. The standard InChI is InChI=1S/C12H17BrN2O2/c1-4-12(2,3)15-11(16)8-17-10-5-9(13)6-14-7-10/h5-7H,4,8H2,1-3H3,(H,15,16). The maximum atomic E-state index is 11.6. The third-order valence-corrected chi connectivity index (χ3v) is 2.85. The van der Waals surface area contributed by atoms with Crippen LogP contribution in [0.1, 0.15) is 27.2 Å². The van der Waals surface area contributed by atoms with E-state index in [0.717, 1.165) is 10.9 Å². The number of halogens is 1. The van der Waals surface area contributed by atoms with Gasteiger partial charge in [0, 0.05) is 16.2 Å². The monoisotopic (exact) mass is 300 g/mol. The van der Waals surface area contributed by atoms with E-state index in [4.69, 9.17) is 4.74 Å². The lowest BCUT2D eigenvalue weighted by Gasteiger charge is -2.24. The fourth-order valence-corrected chi connectivity index (χ4v) is 1.47. The minimum atomic E-state index is -0.198. The second-order valence-corrected chi connectivity index (χ2v) is 5.33. The molecule has 0 aromatic carbocycles. The summed E-state index contributed by atoms with van der Waals surface area (Å²) in [5.41, 5.74) is -0.198. The van der Waals surface area contributed by atoms with Crippen LogP contribution in [0.3, 0.4) is 0 Å². The van der Waals surface area contributed by atoms with E-state index < -0.39 is 0 Å². The first-order valence-electron chi connectivity index (χ1n) is 5.47. The van der Waals surface area contributed by atoms with Gasteiger partial charge in [-0.15, -0.1) is 0 Å². The number of hydrogen-bond donors (Lipinski definition) is 1. The zero-order valence-electron chi connectivity index (χ0n) is 10.3. The van der Waals surface area contributed by atoms with Crippen molar-refractivity contribution in [1.82, 2.24) is 10.3 Å². The molecule has 0 atom stereocenters. The number of carbonyl (C=O) groups excluding carboxylic acids is 1. The molecule has 0 spiro atoms. The molecule has 1 amide bonds. The predicted molar refractivity (Wildman–Crippen MR) is 69.9 cm³/mol. The summed E-state index contributed by atoms with van der Waals surface area (Å²) in [6.07, 6.45) is 4.10. The van der Waals surface area contributed by atoms with Crippen LogP contribution in [-0.2, 0) is 4.79 Å². The molecule has 0 saturated heterocycles. The third-order valence-electron chi connectivity index (χ3n) is 2.41. The molecule has 0 unspecified atom stereocenters. The van der Waals surface area contributed by atoms with Crippen LogP contribution in [0.25, 0.3) is 0 Å². The van der Waals surface area contributed by atoms with Crippen LogP contribution in [0.5, 0.6) is 5.75 Å². The second kappa shape index (κ2) is 6.00. The van der Waals surface area contributed by atoms with E-state index in [-0.39, 0.29) is 18.1 Å². The van der Waals surface area contributed by atoms with Gasteiger partial charge >= 0.3 is 0 Å². The molecule has 0 aliphatic rings. The largest absolute Gasteiger partial charge is 0.482 e. The van der Waals surface area contributed by atoms with E-state index in [1.54, 1.807) is 18.5 Å². The van der Waals surface area contributed by atoms with Crippen molar-refractivity contribution in [2.24, 2.45) is 0 Å². The molecule has 4 nitrogen and oxygen atoms in total. The Labute approximate surface area is 110 Å². The van der Waals surface area contributed by atoms with Crippen LogP contribution in [-0.4, -0.2) is 23.0 Å². The molecule has 1 aromatic heterocycles. The first-order chi connectivity index (χ1) is 7.93. The molecule has 1 aromatic rings. The van der Waals surface area contributed by atoms with Crippen LogP contribution in [0.2, 0.25) is 0 Å². The molecule has 0 saturated carbocycles. The number of nitrogens with zero attached hydrogens (tertiary/aromatic N) is 1. The molecular weight excluding hydrogens is 284 g/mol. The Morgan fingerprint density at radius 3 is 2.82 bits per heavy atom. The van der Waals surface area contributed by atoms with Crippen molar-refractivity contribution in [2.45, 2.75) is 32.7 Å². The summed E-state index contributed by atoms with van der Waals surface area (Å²) in [7, 11) is 0. The summed E-state index contributed by atoms with van der Waals surface area (Å²) in [5.74, 6) is 0.445. The van der Waals surface area contributed by atoms with E-state index in [2.05, 4.69) is 26.2 Å². The molecule has 5 heteroatoms. The minimum absolute atomic E-state index is 0.00155. The van der Waals surface area contributed by atoms with Gasteiger partial charge < -0.3 is 10.1 Å². The van der Waals surface area contributed by atoms with Crippen molar-refractivity contribution in [1.29, 1.82) is 0 Å². The molecule has 0 radical (unpaired) electrons. The average molecular weight is 301 g/mol. The van der Waals surface area contributed by atoms with Crippen LogP contribution >= 0.6 is 15.9 Å². The van der Waals surface area contributed by atoms with E-state index in [9.17, 15) is 4.79 Å². The first-order valence-corrected chi connectivity index (χ1v) is 6.26. The van der Waals surface area contributed by atoms with Crippen molar-refractivity contribution in [3.05, 3.63) is 22.9 Å². The van der Waals surface area contributed by atoms with E-state index in [1.807, 2.05) is 20.8 Å². The smallest absolute Gasteiger partial charge is 0.258 e. The number of amides is 1. The number of aromatic nitrogens is 1. The van der Waals surface area contributed by atoms with E-state index in [0.29, 0.717) is 5.75 Å². The maximum Gasteiger partial charge on any atom is 0.258 e. The lowest BCUT2D eigenvalue weighted by molar-refractivity contribution is -0.124. The van der Waals surface area contributed by atoms with Gasteiger partial charge in [-0.3, -0.25) is 9.78 Å². The summed E-state index contributed by atoms with van der Waals surface area (Å²) < 4.78 is 6.16. The topological polar surface area (TPSA) is 51.2 Å². The van der Waals surface area contributed by atoms with Crippen LogP contribution in [0.15, 0.2) is 22.9 Å². The highest BCUT2D eigenvalue weighted by atomic mass is 79.9. The number of pyridine rings is 1. The zero-order valence-corrected chi connectivity index (χ0v) is 11.9. The molecule has 1 heterocycles. The van der Waals surface area contributed by atoms with Gasteiger partial charge in [0.25, 0.3) is 5.91 Å². The predicted octanol–water partition coefficient (Wildman–Crippen LogP) is 2.53. The Morgan fingerprint density at radius 1 is 1.53 bits per heavy atom. The Kier molecular flexibility index (Phi) is 4.93. The summed E-state index contributed by atoms with van der Waals surface area (Å²) in [4.78, 5) is 15.6. The van der Waals surface area contributed by atoms with Gasteiger partial charge in [0.1, 0.15) is 5.75 Å². The molecule has 0 aliphatic heterocycles. The average Bonchev–Trinajstić information content (AvgIpc) is 2.26. The maximum absolute atomic E-state index is 11.6. The summed E-state index contributed by atoms with van der Waals surface area (Å²) in [5, 5.41) is 2.89. The van der Waals surface area contributed by atoms with Crippen LogP contribution in [0.4, 0.5) is 0 Å². The minimum Gasteiger partial charge on any atom is -0.482 e. The third kappa shape index (κ3) is 5.17. The lowest BCUT2D eigenvalue weighted by Crippen LogP contribution is -2.44. The number of nitrogens with one attached hydrogen (secondary N) is 1. The van der Waals surface area contributed by atoms with Gasteiger partial charge in [0.2, 0.25) is 0 Å². The van der Waals surface area contributed by atoms with E-state index >= 15 is 0 Å². The fourth-order valence-electron chi connectivity index (χ4n) is 1.12. The van der Waals surface area contributed by atoms with Gasteiger partial charge in [-0.1, -0.05) is 6.92 Å². The highest BCUT2D eigenvalue weighted by Crippen LogP contribution is 2.15. The molecule has 0 bridgehead atoms. The fraction of sp³-hybridized carbons (Fsp3) is 0.500. The zero-order chi connectivity index (χ0) is 12.9. The number of carbonyl (C=O) groups is 1. The van der Waals surface area contributed by atoms with Gasteiger partial charge in [-0.05, 0) is 42.3 Å². The molecule has 0 aliphatic carbocycles. The molecule has 17 heavy (non-hydrogen) atoms. The van der Waals surface area contributed by atoms with Crippen molar-refractivity contribution >= 4 is 21.8 Å². The van der Waals surface area contributed by atoms with Crippen LogP contribution < -0.4 is 10.1 Å². The lowest BCUT2D eigenvalue weighted by atomic mass is 10.0. The van der Waals surface area contributed by atoms with Gasteiger partial charge in [0.05, 0.1) is 6.20 Å². The molecule has 1 N–H and O–H groups in total. The van der Waals surface area contributed by atoms with Crippen LogP contribution in [0, 0.1) is 0 Å². The Hall–Kier alpha value is -1.10. The molecule has 1 rings (SSSR count). The summed E-state index contributed by atoms with van der Waals surface area (Å²) in [6.45, 7) is 5.98. The number of ether oxygens (including phenoxy) is 1. The molecule has 94 valence electrons. The number of rotatable bonds is 5. The Morgan fingerprint density at radius 2 is 2.24 bits per heavy atom. The highest BCUT2D eigenvalue weighted by Gasteiger charge is 2.17. The second-order valence-electron chi connectivity index (χ2n) is 4.41. The summed E-state index contributed by atoms with van der Waals surface area (Å²) in [6, 6.07) is 1.77. The van der Waals surface area contributed by atoms with Crippen molar-refractivity contribution in [2.75, 3.05) is 6.61 Å². The Balaban J connectivity index is 2.44. The molecular formula is C12H17BrN2O2.